The van der Waals surface area contributed by atoms with E-state index in [2.05, 4.69) is 15.5 Å². The molecule has 1 aliphatic heterocycles. The molecule has 0 unspecified atom stereocenters. The second kappa shape index (κ2) is 12.0. The Balaban J connectivity index is 1.31. The monoisotopic (exact) mass is 473 g/mol. The molecule has 0 bridgehead atoms. The molecule has 0 atom stereocenters. The summed E-state index contributed by atoms with van der Waals surface area (Å²) in [7, 11) is 0. The van der Waals surface area contributed by atoms with Gasteiger partial charge in [0.05, 0.1) is 10.0 Å². The van der Waals surface area contributed by atoms with Gasteiger partial charge in [-0.25, -0.2) is 0 Å². The van der Waals surface area contributed by atoms with E-state index in [4.69, 9.17) is 23.2 Å². The van der Waals surface area contributed by atoms with Crippen molar-refractivity contribution in [2.24, 2.45) is 0 Å². The Morgan fingerprint density at radius 2 is 1.88 bits per heavy atom. The van der Waals surface area contributed by atoms with Crippen LogP contribution < -0.4 is 10.6 Å². The lowest BCUT2D eigenvalue weighted by atomic mass is 10.0. The number of amides is 2. The van der Waals surface area contributed by atoms with Gasteiger partial charge in [0, 0.05) is 37.3 Å². The SMILES string of the molecule is Cc1cccc(C(=O)NCCCN2CCC(NC(=O)/C=C/c3ccc(Cl)c(Cl)c3)CC2)c1. The number of hydrogen-bond donors (Lipinski definition) is 2. The number of hydrogen-bond acceptors (Lipinski definition) is 3. The van der Waals surface area contributed by atoms with Crippen molar-refractivity contribution in [3.05, 3.63) is 75.3 Å². The van der Waals surface area contributed by atoms with Crippen LogP contribution in [0.3, 0.4) is 0 Å². The predicted octanol–water partition coefficient (Wildman–Crippen LogP) is 4.72. The van der Waals surface area contributed by atoms with Crippen LogP contribution in [-0.2, 0) is 4.79 Å². The van der Waals surface area contributed by atoms with Gasteiger partial charge in [-0.2, -0.15) is 0 Å². The molecule has 2 N–H and O–H groups in total. The van der Waals surface area contributed by atoms with Crippen LogP contribution in [-0.4, -0.2) is 48.9 Å². The average Bonchev–Trinajstić information content (AvgIpc) is 2.78. The quantitative estimate of drug-likeness (QED) is 0.430. The smallest absolute Gasteiger partial charge is 0.251 e. The van der Waals surface area contributed by atoms with Crippen LogP contribution in [0, 0.1) is 6.92 Å². The van der Waals surface area contributed by atoms with E-state index < -0.39 is 0 Å². The molecule has 0 aliphatic carbocycles. The van der Waals surface area contributed by atoms with E-state index in [0.717, 1.165) is 50.0 Å². The normalized spacial score (nSPS) is 15.1. The number of piperidine rings is 1. The number of likely N-dealkylation sites (tertiary alicyclic amines) is 1. The summed E-state index contributed by atoms with van der Waals surface area (Å²) in [5.74, 6) is -0.127. The Morgan fingerprint density at radius 3 is 2.59 bits per heavy atom. The molecule has 2 amide bonds. The molecule has 1 heterocycles. The third-order valence-electron chi connectivity index (χ3n) is 5.52. The minimum atomic E-state index is -0.103. The largest absolute Gasteiger partial charge is 0.352 e. The highest BCUT2D eigenvalue weighted by atomic mass is 35.5. The minimum absolute atomic E-state index is 0.0240. The molecule has 7 heteroatoms. The minimum Gasteiger partial charge on any atom is -0.352 e. The third kappa shape index (κ3) is 7.66. The van der Waals surface area contributed by atoms with Crippen molar-refractivity contribution in [1.29, 1.82) is 0 Å². The van der Waals surface area contributed by atoms with E-state index in [1.165, 1.54) is 6.08 Å². The zero-order chi connectivity index (χ0) is 22.9. The van der Waals surface area contributed by atoms with Crippen molar-refractivity contribution < 1.29 is 9.59 Å². The highest BCUT2D eigenvalue weighted by Gasteiger charge is 2.19. The van der Waals surface area contributed by atoms with Gasteiger partial charge in [0.15, 0.2) is 0 Å². The van der Waals surface area contributed by atoms with Crippen LogP contribution in [0.1, 0.15) is 40.7 Å². The van der Waals surface area contributed by atoms with E-state index in [1.54, 1.807) is 18.2 Å². The van der Waals surface area contributed by atoms with Crippen molar-refractivity contribution in [3.63, 3.8) is 0 Å². The van der Waals surface area contributed by atoms with Gasteiger partial charge in [-0.3, -0.25) is 9.59 Å². The van der Waals surface area contributed by atoms with E-state index in [1.807, 2.05) is 37.3 Å². The number of carbonyl (C=O) groups is 2. The number of nitrogens with zero attached hydrogens (tertiary/aromatic N) is 1. The van der Waals surface area contributed by atoms with E-state index in [0.29, 0.717) is 22.2 Å². The van der Waals surface area contributed by atoms with Crippen LogP contribution in [0.15, 0.2) is 48.5 Å². The highest BCUT2D eigenvalue weighted by molar-refractivity contribution is 6.42. The first-order valence-electron chi connectivity index (χ1n) is 10.9. The first-order chi connectivity index (χ1) is 15.4. The first kappa shape index (κ1) is 24.3. The predicted molar refractivity (Wildman–Crippen MR) is 131 cm³/mol. The van der Waals surface area contributed by atoms with Crippen LogP contribution in [0.25, 0.3) is 6.08 Å². The lowest BCUT2D eigenvalue weighted by Gasteiger charge is -2.32. The number of aryl methyl sites for hydroxylation is 1. The van der Waals surface area contributed by atoms with Crippen LogP contribution in [0.5, 0.6) is 0 Å². The van der Waals surface area contributed by atoms with Crippen LogP contribution >= 0.6 is 23.2 Å². The zero-order valence-electron chi connectivity index (χ0n) is 18.2. The molecule has 170 valence electrons. The number of benzene rings is 2. The number of halogens is 2. The second-order valence-corrected chi connectivity index (χ2v) is 8.92. The van der Waals surface area contributed by atoms with Gasteiger partial charge in [-0.15, -0.1) is 0 Å². The molecule has 2 aromatic rings. The average molecular weight is 474 g/mol. The Morgan fingerprint density at radius 1 is 1.09 bits per heavy atom. The fraction of sp³-hybridized carbons (Fsp3) is 0.360. The summed E-state index contributed by atoms with van der Waals surface area (Å²) in [4.78, 5) is 26.8. The number of rotatable bonds is 8. The van der Waals surface area contributed by atoms with Gasteiger partial charge in [-0.05, 0) is 68.6 Å². The number of carbonyl (C=O) groups excluding carboxylic acids is 2. The summed E-state index contributed by atoms with van der Waals surface area (Å²) >= 11 is 11.9. The first-order valence-corrected chi connectivity index (χ1v) is 11.7. The summed E-state index contributed by atoms with van der Waals surface area (Å²) in [6.07, 6.45) is 6.01. The van der Waals surface area contributed by atoms with Crippen molar-refractivity contribution in [2.75, 3.05) is 26.2 Å². The van der Waals surface area contributed by atoms with Crippen molar-refractivity contribution >= 4 is 41.1 Å². The fourth-order valence-electron chi connectivity index (χ4n) is 3.73. The van der Waals surface area contributed by atoms with Crippen LogP contribution in [0.2, 0.25) is 10.0 Å². The Bertz CT molecular complexity index is 969. The Kier molecular flexibility index (Phi) is 9.15. The van der Waals surface area contributed by atoms with Crippen molar-refractivity contribution in [3.8, 4) is 0 Å². The maximum Gasteiger partial charge on any atom is 0.251 e. The molecular formula is C25H29Cl2N3O2. The second-order valence-electron chi connectivity index (χ2n) is 8.11. The van der Waals surface area contributed by atoms with Gasteiger partial charge in [-0.1, -0.05) is 47.0 Å². The molecule has 0 spiro atoms. The van der Waals surface area contributed by atoms with E-state index >= 15 is 0 Å². The molecule has 0 saturated carbocycles. The van der Waals surface area contributed by atoms with Gasteiger partial charge in [0.2, 0.25) is 5.91 Å². The molecule has 0 aromatic heterocycles. The Hall–Kier alpha value is -2.34. The summed E-state index contributed by atoms with van der Waals surface area (Å²) in [6.45, 7) is 5.45. The summed E-state index contributed by atoms with van der Waals surface area (Å²) in [5, 5.41) is 7.02. The maximum absolute atomic E-state index is 12.2. The molecule has 5 nitrogen and oxygen atoms in total. The van der Waals surface area contributed by atoms with Crippen molar-refractivity contribution in [1.82, 2.24) is 15.5 Å². The molecule has 1 saturated heterocycles. The summed E-state index contributed by atoms with van der Waals surface area (Å²) in [5.41, 5.74) is 2.62. The summed E-state index contributed by atoms with van der Waals surface area (Å²) in [6, 6.07) is 13.1. The van der Waals surface area contributed by atoms with E-state index in [-0.39, 0.29) is 17.9 Å². The van der Waals surface area contributed by atoms with Crippen molar-refractivity contribution in [2.45, 2.75) is 32.2 Å². The standard InChI is InChI=1S/C25H29Cl2N3O2/c1-18-4-2-5-20(16-18)25(32)28-12-3-13-30-14-10-21(11-15-30)29-24(31)9-7-19-6-8-22(26)23(27)17-19/h2,4-9,16-17,21H,3,10-15H2,1H3,(H,28,32)(H,29,31)/b9-7+. The van der Waals surface area contributed by atoms with Gasteiger partial charge >= 0.3 is 0 Å². The van der Waals surface area contributed by atoms with Gasteiger partial charge in [0.25, 0.3) is 5.91 Å². The summed E-state index contributed by atoms with van der Waals surface area (Å²) < 4.78 is 0. The highest BCUT2D eigenvalue weighted by Crippen LogP contribution is 2.23. The van der Waals surface area contributed by atoms with E-state index in [9.17, 15) is 9.59 Å². The van der Waals surface area contributed by atoms with Gasteiger partial charge in [0.1, 0.15) is 0 Å². The molecule has 3 rings (SSSR count). The molecular weight excluding hydrogens is 445 g/mol. The van der Waals surface area contributed by atoms with Gasteiger partial charge < -0.3 is 15.5 Å². The third-order valence-corrected chi connectivity index (χ3v) is 6.26. The molecule has 32 heavy (non-hydrogen) atoms. The zero-order valence-corrected chi connectivity index (χ0v) is 19.8. The number of nitrogens with one attached hydrogen (secondary N) is 2. The fourth-order valence-corrected chi connectivity index (χ4v) is 4.04. The Labute approximate surface area is 199 Å². The molecule has 2 aromatic carbocycles. The molecule has 1 fully saturated rings. The lowest BCUT2D eigenvalue weighted by Crippen LogP contribution is -2.44. The molecule has 0 radical (unpaired) electrons. The lowest BCUT2D eigenvalue weighted by molar-refractivity contribution is -0.117. The molecule has 1 aliphatic rings. The topological polar surface area (TPSA) is 61.4 Å². The maximum atomic E-state index is 12.2. The van der Waals surface area contributed by atoms with Crippen LogP contribution in [0.4, 0.5) is 0 Å².